The third-order valence-corrected chi connectivity index (χ3v) is 4.89. The first-order valence-corrected chi connectivity index (χ1v) is 9.53. The Morgan fingerprint density at radius 2 is 1.38 bits per heavy atom. The van der Waals surface area contributed by atoms with Crippen molar-refractivity contribution >= 4 is 15.9 Å². The summed E-state index contributed by atoms with van der Waals surface area (Å²) >= 11 is 0. The highest BCUT2D eigenvalue weighted by molar-refractivity contribution is 7.89. The van der Waals surface area contributed by atoms with Gasteiger partial charge >= 0.3 is 0 Å². The van der Waals surface area contributed by atoms with E-state index in [0.717, 1.165) is 16.7 Å². The molecule has 132 valence electrons. The van der Waals surface area contributed by atoms with E-state index in [1.807, 2.05) is 42.5 Å². The minimum atomic E-state index is -3.71. The lowest BCUT2D eigenvalue weighted by molar-refractivity contribution is 0.0951. The Hall–Kier alpha value is -2.96. The number of carbonyl (C=O) groups is 1. The van der Waals surface area contributed by atoms with E-state index in [2.05, 4.69) is 5.32 Å². The molecule has 0 aromatic heterocycles. The molecule has 0 unspecified atom stereocenters. The molecule has 3 rings (SSSR count). The number of rotatable bonds is 5. The maximum Gasteiger partial charge on any atom is 0.251 e. The topological polar surface area (TPSA) is 89.3 Å². The summed E-state index contributed by atoms with van der Waals surface area (Å²) in [4.78, 5) is 12.3. The molecule has 0 saturated carbocycles. The summed E-state index contributed by atoms with van der Waals surface area (Å²) in [6.07, 6.45) is 0. The highest BCUT2D eigenvalue weighted by Crippen LogP contribution is 2.19. The lowest BCUT2D eigenvalue weighted by atomic mass is 10.0. The second-order valence-corrected chi connectivity index (χ2v) is 7.38. The van der Waals surface area contributed by atoms with Crippen molar-refractivity contribution in [2.45, 2.75) is 11.4 Å². The molecule has 0 fully saturated rings. The Morgan fingerprint density at radius 3 is 1.96 bits per heavy atom. The van der Waals surface area contributed by atoms with E-state index in [4.69, 9.17) is 5.14 Å². The van der Waals surface area contributed by atoms with Crippen molar-refractivity contribution in [3.05, 3.63) is 90.0 Å². The Kier molecular flexibility index (Phi) is 5.16. The smallest absolute Gasteiger partial charge is 0.251 e. The van der Waals surface area contributed by atoms with E-state index < -0.39 is 10.0 Å². The molecule has 0 heterocycles. The van der Waals surface area contributed by atoms with Crippen LogP contribution >= 0.6 is 0 Å². The summed E-state index contributed by atoms with van der Waals surface area (Å²) in [7, 11) is -3.71. The van der Waals surface area contributed by atoms with Gasteiger partial charge in [-0.15, -0.1) is 0 Å². The lowest BCUT2D eigenvalue weighted by Gasteiger charge is -2.07. The maximum absolute atomic E-state index is 12.3. The fraction of sp³-hybridized carbons (Fsp3) is 0.0500. The van der Waals surface area contributed by atoms with Gasteiger partial charge in [0.05, 0.1) is 4.90 Å². The second kappa shape index (κ2) is 7.51. The number of benzene rings is 3. The van der Waals surface area contributed by atoms with Crippen LogP contribution in [0.2, 0.25) is 0 Å². The molecule has 1 amide bonds. The van der Waals surface area contributed by atoms with Gasteiger partial charge in [-0.3, -0.25) is 4.79 Å². The van der Waals surface area contributed by atoms with Crippen LogP contribution in [0, 0.1) is 0 Å². The molecule has 3 aromatic carbocycles. The van der Waals surface area contributed by atoms with Crippen molar-refractivity contribution < 1.29 is 13.2 Å². The van der Waals surface area contributed by atoms with Gasteiger partial charge < -0.3 is 5.32 Å². The molecule has 5 nitrogen and oxygen atoms in total. The molecule has 0 bridgehead atoms. The zero-order chi connectivity index (χ0) is 18.6. The molecule has 3 aromatic rings. The molecule has 0 radical (unpaired) electrons. The maximum atomic E-state index is 12.3. The Bertz CT molecular complexity index is 997. The van der Waals surface area contributed by atoms with E-state index in [-0.39, 0.29) is 10.8 Å². The normalized spacial score (nSPS) is 11.1. The van der Waals surface area contributed by atoms with Crippen molar-refractivity contribution in [2.24, 2.45) is 5.14 Å². The van der Waals surface area contributed by atoms with Crippen LogP contribution in [0.1, 0.15) is 15.9 Å². The highest BCUT2D eigenvalue weighted by Gasteiger charge is 2.08. The van der Waals surface area contributed by atoms with Gasteiger partial charge in [0.1, 0.15) is 0 Å². The van der Waals surface area contributed by atoms with Crippen LogP contribution in [0.5, 0.6) is 0 Å². The largest absolute Gasteiger partial charge is 0.348 e. The summed E-state index contributed by atoms with van der Waals surface area (Å²) in [6.45, 7) is 0.296. The molecule has 0 aliphatic carbocycles. The van der Waals surface area contributed by atoms with Crippen molar-refractivity contribution in [3.63, 3.8) is 0 Å². The van der Waals surface area contributed by atoms with E-state index in [1.165, 1.54) is 12.1 Å². The molecule has 0 saturated heterocycles. The van der Waals surface area contributed by atoms with E-state index in [9.17, 15) is 13.2 Å². The van der Waals surface area contributed by atoms with E-state index in [0.29, 0.717) is 12.1 Å². The second-order valence-electron chi connectivity index (χ2n) is 5.82. The number of primary sulfonamides is 1. The first-order valence-electron chi connectivity index (χ1n) is 7.99. The molecular formula is C20H18N2O3S. The average molecular weight is 366 g/mol. The predicted octanol–water partition coefficient (Wildman–Crippen LogP) is 2.93. The zero-order valence-electron chi connectivity index (χ0n) is 13.9. The summed E-state index contributed by atoms with van der Waals surface area (Å²) in [5, 5.41) is 7.87. The van der Waals surface area contributed by atoms with Crippen LogP contribution in [0.25, 0.3) is 11.1 Å². The summed E-state index contributed by atoms with van der Waals surface area (Å²) in [5.74, 6) is -0.194. The first-order chi connectivity index (χ1) is 12.4. The van der Waals surface area contributed by atoms with Crippen LogP contribution in [0.4, 0.5) is 0 Å². The lowest BCUT2D eigenvalue weighted by Crippen LogP contribution is -2.22. The fourth-order valence-corrected chi connectivity index (χ4v) is 3.04. The standard InChI is InChI=1S/C20H18N2O3S/c21-26(24,25)19-12-6-15(7-13-19)14-22-20(23)18-10-8-17(9-11-18)16-4-2-1-3-5-16/h1-13H,14H2,(H,22,23)(H2,21,24,25). The predicted molar refractivity (Wildman–Crippen MR) is 101 cm³/mol. The van der Waals surface area contributed by atoms with Crippen LogP contribution in [0.3, 0.4) is 0 Å². The number of nitrogens with one attached hydrogen (secondary N) is 1. The molecule has 0 aliphatic heterocycles. The number of amides is 1. The molecule has 6 heteroatoms. The molecule has 0 aliphatic rings. The average Bonchev–Trinajstić information content (AvgIpc) is 2.66. The van der Waals surface area contributed by atoms with Crippen LogP contribution in [-0.4, -0.2) is 14.3 Å². The summed E-state index contributed by atoms with van der Waals surface area (Å²) in [6, 6.07) is 23.4. The van der Waals surface area contributed by atoms with Gasteiger partial charge in [-0.1, -0.05) is 54.6 Å². The van der Waals surface area contributed by atoms with Gasteiger partial charge in [0, 0.05) is 12.1 Å². The molecule has 3 N–H and O–H groups in total. The monoisotopic (exact) mass is 366 g/mol. The van der Waals surface area contributed by atoms with Crippen LogP contribution < -0.4 is 10.5 Å². The highest BCUT2D eigenvalue weighted by atomic mass is 32.2. The fourth-order valence-electron chi connectivity index (χ4n) is 2.53. The van der Waals surface area contributed by atoms with E-state index in [1.54, 1.807) is 24.3 Å². The van der Waals surface area contributed by atoms with Gasteiger partial charge in [0.2, 0.25) is 10.0 Å². The molecule has 0 spiro atoms. The Morgan fingerprint density at radius 1 is 0.808 bits per heavy atom. The summed E-state index contributed by atoms with van der Waals surface area (Å²) in [5.41, 5.74) is 3.48. The number of sulfonamides is 1. The van der Waals surface area contributed by atoms with Gasteiger partial charge in [-0.05, 0) is 41.0 Å². The SMILES string of the molecule is NS(=O)(=O)c1ccc(CNC(=O)c2ccc(-c3ccccc3)cc2)cc1. The molecular weight excluding hydrogens is 348 g/mol. The first kappa shape index (κ1) is 17.8. The Balaban J connectivity index is 1.63. The van der Waals surface area contributed by atoms with Crippen molar-refractivity contribution in [1.29, 1.82) is 0 Å². The quantitative estimate of drug-likeness (QED) is 0.727. The van der Waals surface area contributed by atoms with Crippen LogP contribution in [0.15, 0.2) is 83.8 Å². The number of carbonyl (C=O) groups excluding carboxylic acids is 1. The minimum Gasteiger partial charge on any atom is -0.348 e. The van der Waals surface area contributed by atoms with Gasteiger partial charge in [-0.2, -0.15) is 0 Å². The molecule has 26 heavy (non-hydrogen) atoms. The zero-order valence-corrected chi connectivity index (χ0v) is 14.7. The number of nitrogens with two attached hydrogens (primary N) is 1. The van der Waals surface area contributed by atoms with Crippen molar-refractivity contribution in [1.82, 2.24) is 5.32 Å². The third kappa shape index (κ3) is 4.36. The van der Waals surface area contributed by atoms with Gasteiger partial charge in [0.25, 0.3) is 5.91 Å². The van der Waals surface area contributed by atoms with Crippen LogP contribution in [-0.2, 0) is 16.6 Å². The third-order valence-electron chi connectivity index (χ3n) is 3.96. The Labute approximate surface area is 152 Å². The van der Waals surface area contributed by atoms with Crippen molar-refractivity contribution in [2.75, 3.05) is 0 Å². The van der Waals surface area contributed by atoms with Crippen molar-refractivity contribution in [3.8, 4) is 11.1 Å². The molecule has 0 atom stereocenters. The summed E-state index contributed by atoms with van der Waals surface area (Å²) < 4.78 is 22.5. The number of hydrogen-bond donors (Lipinski definition) is 2. The van der Waals surface area contributed by atoms with Gasteiger partial charge in [0.15, 0.2) is 0 Å². The van der Waals surface area contributed by atoms with E-state index >= 15 is 0 Å². The number of hydrogen-bond acceptors (Lipinski definition) is 3. The van der Waals surface area contributed by atoms with Gasteiger partial charge in [-0.25, -0.2) is 13.6 Å². The minimum absolute atomic E-state index is 0.0454.